The zero-order chi connectivity index (χ0) is 15.6. The maximum Gasteiger partial charge on any atom is 0.243 e. The fourth-order valence-corrected chi connectivity index (χ4v) is 4.83. The Labute approximate surface area is 132 Å². The fraction of sp³-hybridized carbons (Fsp3) is 0.625. The third-order valence-corrected chi connectivity index (χ3v) is 6.44. The lowest BCUT2D eigenvalue weighted by Crippen LogP contribution is -2.35. The van der Waals surface area contributed by atoms with Crippen LogP contribution in [0.25, 0.3) is 0 Å². The van der Waals surface area contributed by atoms with Gasteiger partial charge in [-0.2, -0.15) is 4.31 Å². The van der Waals surface area contributed by atoms with Gasteiger partial charge in [0.25, 0.3) is 0 Å². The highest BCUT2D eigenvalue weighted by atomic mass is 32.2. The van der Waals surface area contributed by atoms with Crippen LogP contribution in [0.5, 0.6) is 5.75 Å². The molecule has 22 heavy (non-hydrogen) atoms. The highest BCUT2D eigenvalue weighted by molar-refractivity contribution is 7.89. The van der Waals surface area contributed by atoms with Crippen molar-refractivity contribution >= 4 is 15.7 Å². The normalized spacial score (nSPS) is 20.3. The maximum absolute atomic E-state index is 12.8. The third kappa shape index (κ3) is 2.94. The summed E-state index contributed by atoms with van der Waals surface area (Å²) in [4.78, 5) is 2.60. The molecule has 0 bridgehead atoms. The lowest BCUT2D eigenvalue weighted by atomic mass is 10.2. The van der Waals surface area contributed by atoms with Crippen LogP contribution in [-0.4, -0.2) is 46.0 Å². The molecule has 2 saturated heterocycles. The van der Waals surface area contributed by atoms with Crippen LogP contribution in [0.3, 0.4) is 0 Å². The van der Waals surface area contributed by atoms with Crippen LogP contribution in [0, 0.1) is 0 Å². The largest absolute Gasteiger partial charge is 0.495 e. The predicted molar refractivity (Wildman–Crippen MR) is 87.1 cm³/mol. The average molecular weight is 324 g/mol. The van der Waals surface area contributed by atoms with Crippen LogP contribution in [-0.2, 0) is 10.0 Å². The van der Waals surface area contributed by atoms with E-state index in [4.69, 9.17) is 4.74 Å². The van der Waals surface area contributed by atoms with Gasteiger partial charge in [0.05, 0.1) is 17.7 Å². The SMILES string of the molecule is COc1ccc(S(=O)(=O)N2CCCCC2)cc1N1CCCC1. The van der Waals surface area contributed by atoms with E-state index in [1.165, 1.54) is 0 Å². The number of rotatable bonds is 4. The van der Waals surface area contributed by atoms with E-state index in [0.717, 1.165) is 56.6 Å². The first-order chi connectivity index (χ1) is 10.6. The molecule has 1 aromatic carbocycles. The third-order valence-electron chi connectivity index (χ3n) is 4.55. The first kappa shape index (κ1) is 15.6. The van der Waals surface area contributed by atoms with Crippen LogP contribution < -0.4 is 9.64 Å². The van der Waals surface area contributed by atoms with Crippen molar-refractivity contribution < 1.29 is 13.2 Å². The van der Waals surface area contributed by atoms with Gasteiger partial charge in [0, 0.05) is 26.2 Å². The molecule has 1 aromatic rings. The van der Waals surface area contributed by atoms with Crippen LogP contribution in [0.1, 0.15) is 32.1 Å². The van der Waals surface area contributed by atoms with E-state index in [2.05, 4.69) is 4.90 Å². The Morgan fingerprint density at radius 3 is 2.23 bits per heavy atom. The minimum Gasteiger partial charge on any atom is -0.495 e. The Hall–Kier alpha value is -1.27. The lowest BCUT2D eigenvalue weighted by Gasteiger charge is -2.27. The molecule has 0 aliphatic carbocycles. The highest BCUT2D eigenvalue weighted by Crippen LogP contribution is 2.34. The molecule has 2 fully saturated rings. The number of hydrogen-bond acceptors (Lipinski definition) is 4. The zero-order valence-corrected chi connectivity index (χ0v) is 13.9. The van der Waals surface area contributed by atoms with Crippen LogP contribution in [0.15, 0.2) is 23.1 Å². The molecule has 5 nitrogen and oxygen atoms in total. The number of piperidine rings is 1. The minimum atomic E-state index is -3.39. The molecule has 0 radical (unpaired) electrons. The van der Waals surface area contributed by atoms with E-state index in [0.29, 0.717) is 18.0 Å². The Morgan fingerprint density at radius 2 is 1.59 bits per heavy atom. The summed E-state index contributed by atoms with van der Waals surface area (Å²) in [5.74, 6) is 0.750. The Kier molecular flexibility index (Phi) is 4.59. The monoisotopic (exact) mass is 324 g/mol. The number of sulfonamides is 1. The predicted octanol–water partition coefficient (Wildman–Crippen LogP) is 2.47. The van der Waals surface area contributed by atoms with Crippen molar-refractivity contribution in [2.75, 3.05) is 38.2 Å². The number of nitrogens with zero attached hydrogens (tertiary/aromatic N) is 2. The average Bonchev–Trinajstić information content (AvgIpc) is 3.09. The summed E-state index contributed by atoms with van der Waals surface area (Å²) in [5, 5.41) is 0. The summed E-state index contributed by atoms with van der Waals surface area (Å²) in [6, 6.07) is 5.24. The highest BCUT2D eigenvalue weighted by Gasteiger charge is 2.27. The molecular formula is C16H24N2O3S. The summed E-state index contributed by atoms with van der Waals surface area (Å²) in [6.07, 6.45) is 5.31. The van der Waals surface area contributed by atoms with E-state index in [1.807, 2.05) is 0 Å². The fourth-order valence-electron chi connectivity index (χ4n) is 3.29. The van der Waals surface area contributed by atoms with E-state index in [-0.39, 0.29) is 0 Å². The van der Waals surface area contributed by atoms with Crippen molar-refractivity contribution in [1.82, 2.24) is 4.31 Å². The number of ether oxygens (including phenoxy) is 1. The van der Waals surface area contributed by atoms with Crippen molar-refractivity contribution in [3.63, 3.8) is 0 Å². The second-order valence-corrected chi connectivity index (χ2v) is 7.93. The minimum absolute atomic E-state index is 0.386. The standard InChI is InChI=1S/C16H24N2O3S/c1-21-16-8-7-14(13-15(16)17-9-5-6-10-17)22(19,20)18-11-3-2-4-12-18/h7-8,13H,2-6,9-12H2,1H3. The van der Waals surface area contributed by atoms with Crippen molar-refractivity contribution in [3.05, 3.63) is 18.2 Å². The van der Waals surface area contributed by atoms with Gasteiger partial charge in [0.15, 0.2) is 0 Å². The molecule has 0 amide bonds. The smallest absolute Gasteiger partial charge is 0.243 e. The molecule has 3 rings (SSSR count). The molecule has 2 heterocycles. The topological polar surface area (TPSA) is 49.9 Å². The van der Waals surface area contributed by atoms with E-state index in [9.17, 15) is 8.42 Å². The first-order valence-electron chi connectivity index (χ1n) is 8.06. The summed E-state index contributed by atoms with van der Waals surface area (Å²) in [6.45, 7) is 3.19. The van der Waals surface area contributed by atoms with Gasteiger partial charge >= 0.3 is 0 Å². The van der Waals surface area contributed by atoms with Crippen molar-refractivity contribution in [2.24, 2.45) is 0 Å². The Bertz CT molecular complexity index is 618. The molecule has 2 aliphatic rings. The van der Waals surface area contributed by atoms with Gasteiger partial charge in [-0.15, -0.1) is 0 Å². The Balaban J connectivity index is 1.94. The molecule has 2 aliphatic heterocycles. The maximum atomic E-state index is 12.8. The van der Waals surface area contributed by atoms with Crippen molar-refractivity contribution in [3.8, 4) is 5.75 Å². The van der Waals surface area contributed by atoms with Gasteiger partial charge in [0.2, 0.25) is 10.0 Å². The molecule has 122 valence electrons. The second-order valence-electron chi connectivity index (χ2n) is 5.99. The lowest BCUT2D eigenvalue weighted by molar-refractivity contribution is 0.346. The van der Waals surface area contributed by atoms with Crippen LogP contribution in [0.4, 0.5) is 5.69 Å². The molecule has 0 unspecified atom stereocenters. The van der Waals surface area contributed by atoms with E-state index >= 15 is 0 Å². The second kappa shape index (κ2) is 6.46. The summed E-state index contributed by atoms with van der Waals surface area (Å²) >= 11 is 0. The van der Waals surface area contributed by atoms with Crippen LogP contribution in [0.2, 0.25) is 0 Å². The van der Waals surface area contributed by atoms with Crippen molar-refractivity contribution in [1.29, 1.82) is 0 Å². The first-order valence-corrected chi connectivity index (χ1v) is 9.50. The quantitative estimate of drug-likeness (QED) is 0.854. The zero-order valence-electron chi connectivity index (χ0n) is 13.1. The molecular weight excluding hydrogens is 300 g/mol. The van der Waals surface area contributed by atoms with Crippen molar-refractivity contribution in [2.45, 2.75) is 37.0 Å². The summed E-state index contributed by atoms with van der Waals surface area (Å²) < 4.78 is 32.7. The number of benzene rings is 1. The van der Waals surface area contributed by atoms with E-state index in [1.54, 1.807) is 29.6 Å². The molecule has 0 atom stereocenters. The molecule has 0 N–H and O–H groups in total. The van der Waals surface area contributed by atoms with Crippen LogP contribution >= 0.6 is 0 Å². The van der Waals surface area contributed by atoms with Gasteiger partial charge in [-0.3, -0.25) is 0 Å². The number of hydrogen-bond donors (Lipinski definition) is 0. The number of anilines is 1. The molecule has 6 heteroatoms. The van der Waals surface area contributed by atoms with E-state index < -0.39 is 10.0 Å². The van der Waals surface area contributed by atoms with Gasteiger partial charge in [-0.1, -0.05) is 6.42 Å². The van der Waals surface area contributed by atoms with Gasteiger partial charge in [-0.25, -0.2) is 8.42 Å². The molecule has 0 aromatic heterocycles. The Morgan fingerprint density at radius 1 is 0.955 bits per heavy atom. The summed E-state index contributed by atoms with van der Waals surface area (Å²) in [5.41, 5.74) is 0.901. The summed E-state index contributed by atoms with van der Waals surface area (Å²) in [7, 11) is -1.76. The van der Waals surface area contributed by atoms with Gasteiger partial charge < -0.3 is 9.64 Å². The number of methoxy groups -OCH3 is 1. The van der Waals surface area contributed by atoms with Gasteiger partial charge in [0.1, 0.15) is 5.75 Å². The molecule has 0 spiro atoms. The van der Waals surface area contributed by atoms with Gasteiger partial charge in [-0.05, 0) is 43.9 Å². The molecule has 0 saturated carbocycles.